The van der Waals surface area contributed by atoms with E-state index in [1.54, 1.807) is 6.08 Å². The van der Waals surface area contributed by atoms with Crippen molar-refractivity contribution in [1.82, 2.24) is 15.1 Å². The number of hydrogen-bond acceptors (Lipinski definition) is 4. The fourth-order valence-corrected chi connectivity index (χ4v) is 3.32. The summed E-state index contributed by atoms with van der Waals surface area (Å²) in [6.07, 6.45) is 7.49. The molecule has 0 bridgehead atoms. The maximum atomic E-state index is 12.8. The van der Waals surface area contributed by atoms with Crippen molar-refractivity contribution < 1.29 is 24.7 Å². The van der Waals surface area contributed by atoms with Crippen molar-refractivity contribution >= 4 is 18.4 Å². The first kappa shape index (κ1) is 17.3. The van der Waals surface area contributed by atoms with Gasteiger partial charge in [-0.25, -0.2) is 14.9 Å². The molecular formula is C15H23N3O5. The van der Waals surface area contributed by atoms with Gasteiger partial charge in [0.25, 0.3) is 0 Å². The molecule has 0 aromatic carbocycles. The maximum Gasteiger partial charge on any atom is 0.430 e. The van der Waals surface area contributed by atoms with Crippen LogP contribution >= 0.6 is 0 Å². The van der Waals surface area contributed by atoms with Crippen LogP contribution in [0.15, 0.2) is 12.3 Å². The van der Waals surface area contributed by atoms with Gasteiger partial charge in [-0.1, -0.05) is 31.8 Å². The molecular weight excluding hydrogens is 302 g/mol. The molecule has 1 atom stereocenters. The van der Waals surface area contributed by atoms with Crippen LogP contribution in [0.25, 0.3) is 0 Å². The number of carbonyl (C=O) groups is 3. The quantitative estimate of drug-likeness (QED) is 0.439. The second kappa shape index (κ2) is 7.96. The zero-order valence-corrected chi connectivity index (χ0v) is 13.0. The molecule has 1 saturated carbocycles. The molecule has 8 heteroatoms. The lowest BCUT2D eigenvalue weighted by Crippen LogP contribution is -2.52. The van der Waals surface area contributed by atoms with Crippen molar-refractivity contribution in [2.75, 3.05) is 13.1 Å². The predicted molar refractivity (Wildman–Crippen MR) is 80.0 cm³/mol. The lowest BCUT2D eigenvalue weighted by Gasteiger charge is -2.35. The highest BCUT2D eigenvalue weighted by molar-refractivity contribution is 5.82. The summed E-state index contributed by atoms with van der Waals surface area (Å²) in [4.78, 5) is 34.7. The van der Waals surface area contributed by atoms with E-state index in [4.69, 9.17) is 0 Å². The highest BCUT2D eigenvalue weighted by Crippen LogP contribution is 2.31. The van der Waals surface area contributed by atoms with E-state index in [0.29, 0.717) is 23.8 Å². The Kier molecular flexibility index (Phi) is 5.97. The number of nitrogens with zero attached hydrogens (tertiary/aromatic N) is 3. The van der Waals surface area contributed by atoms with Gasteiger partial charge in [-0.05, 0) is 18.8 Å². The average molecular weight is 325 g/mol. The van der Waals surface area contributed by atoms with Crippen molar-refractivity contribution in [3.05, 3.63) is 12.3 Å². The highest BCUT2D eigenvalue weighted by atomic mass is 16.5. The molecule has 128 valence electrons. The zero-order valence-electron chi connectivity index (χ0n) is 13.0. The van der Waals surface area contributed by atoms with Gasteiger partial charge in [0, 0.05) is 12.7 Å². The topological polar surface area (TPSA) is 101 Å². The van der Waals surface area contributed by atoms with Crippen molar-refractivity contribution in [2.45, 2.75) is 38.5 Å². The molecule has 1 fully saturated rings. The Bertz CT molecular complexity index is 476. The summed E-state index contributed by atoms with van der Waals surface area (Å²) >= 11 is 0. The SMILES string of the molecule is O=CN(O)CC(CC1CCCC1)C(=O)N1CCC=CN1C(=O)O. The van der Waals surface area contributed by atoms with Crippen LogP contribution in [0.1, 0.15) is 38.5 Å². The van der Waals surface area contributed by atoms with Gasteiger partial charge in [-0.3, -0.25) is 14.8 Å². The Balaban J connectivity index is 2.11. The molecule has 2 aliphatic rings. The molecule has 1 unspecified atom stereocenters. The van der Waals surface area contributed by atoms with Crippen LogP contribution in [0.4, 0.5) is 4.79 Å². The minimum Gasteiger partial charge on any atom is -0.463 e. The normalized spacial score (nSPS) is 19.7. The van der Waals surface area contributed by atoms with Crippen LogP contribution in [-0.4, -0.2) is 56.9 Å². The van der Waals surface area contributed by atoms with Crippen LogP contribution in [-0.2, 0) is 9.59 Å². The van der Waals surface area contributed by atoms with E-state index in [0.717, 1.165) is 30.7 Å². The summed E-state index contributed by atoms with van der Waals surface area (Å²) in [6.45, 7) is 0.155. The standard InChI is InChI=1S/C15H23N3O5/c19-11-16(23)10-13(9-12-5-1-2-6-12)14(20)17-7-3-4-8-18(17)15(21)22/h4,8,11-13,23H,1-3,5-7,9-10H2,(H,21,22). The average Bonchev–Trinajstić information content (AvgIpc) is 3.06. The second-order valence-corrected chi connectivity index (χ2v) is 6.07. The van der Waals surface area contributed by atoms with E-state index in [1.165, 1.54) is 11.2 Å². The second-order valence-electron chi connectivity index (χ2n) is 6.07. The summed E-state index contributed by atoms with van der Waals surface area (Å²) in [5.41, 5.74) is 0. The molecule has 0 spiro atoms. The summed E-state index contributed by atoms with van der Waals surface area (Å²) in [7, 11) is 0. The highest BCUT2D eigenvalue weighted by Gasteiger charge is 2.34. The molecule has 1 heterocycles. The van der Waals surface area contributed by atoms with E-state index in [1.807, 2.05) is 0 Å². The molecule has 23 heavy (non-hydrogen) atoms. The summed E-state index contributed by atoms with van der Waals surface area (Å²) < 4.78 is 0. The lowest BCUT2D eigenvalue weighted by molar-refractivity contribution is -0.162. The van der Waals surface area contributed by atoms with Crippen LogP contribution in [0.5, 0.6) is 0 Å². The van der Waals surface area contributed by atoms with E-state index in [-0.39, 0.29) is 25.4 Å². The van der Waals surface area contributed by atoms with Crippen molar-refractivity contribution in [3.8, 4) is 0 Å². The number of hydroxylamine groups is 2. The molecule has 2 rings (SSSR count). The Labute approximate surface area is 134 Å². The molecule has 1 aliphatic heterocycles. The fraction of sp³-hybridized carbons (Fsp3) is 0.667. The van der Waals surface area contributed by atoms with E-state index < -0.39 is 12.0 Å². The fourth-order valence-electron chi connectivity index (χ4n) is 3.32. The number of rotatable bonds is 6. The molecule has 0 aromatic heterocycles. The van der Waals surface area contributed by atoms with Crippen molar-refractivity contribution in [2.24, 2.45) is 11.8 Å². The first-order valence-corrected chi connectivity index (χ1v) is 7.94. The molecule has 1 aliphatic carbocycles. The van der Waals surface area contributed by atoms with Crippen LogP contribution in [0.3, 0.4) is 0 Å². The first-order chi connectivity index (χ1) is 11.0. The summed E-state index contributed by atoms with van der Waals surface area (Å²) in [6, 6.07) is 0. The predicted octanol–water partition coefficient (Wildman–Crippen LogP) is 1.67. The Morgan fingerprint density at radius 3 is 2.65 bits per heavy atom. The first-order valence-electron chi connectivity index (χ1n) is 7.94. The molecule has 2 N–H and O–H groups in total. The van der Waals surface area contributed by atoms with Gasteiger partial charge in [-0.15, -0.1) is 0 Å². The van der Waals surface area contributed by atoms with Crippen molar-refractivity contribution in [1.29, 1.82) is 0 Å². The summed E-state index contributed by atoms with van der Waals surface area (Å²) in [5, 5.41) is 21.2. The van der Waals surface area contributed by atoms with Gasteiger partial charge in [0.15, 0.2) is 0 Å². The van der Waals surface area contributed by atoms with E-state index >= 15 is 0 Å². The van der Waals surface area contributed by atoms with Gasteiger partial charge < -0.3 is 5.11 Å². The molecule has 8 nitrogen and oxygen atoms in total. The van der Waals surface area contributed by atoms with Crippen LogP contribution in [0, 0.1) is 11.8 Å². The number of carboxylic acid groups (broad SMARTS) is 1. The smallest absolute Gasteiger partial charge is 0.430 e. The summed E-state index contributed by atoms with van der Waals surface area (Å²) in [5.74, 6) is -0.603. The number of hydrogen-bond donors (Lipinski definition) is 2. The number of carbonyl (C=O) groups excluding carboxylic acids is 2. The van der Waals surface area contributed by atoms with Crippen LogP contribution < -0.4 is 0 Å². The van der Waals surface area contributed by atoms with E-state index in [9.17, 15) is 24.7 Å². The Morgan fingerprint density at radius 2 is 2.04 bits per heavy atom. The van der Waals surface area contributed by atoms with Gasteiger partial charge in [0.05, 0.1) is 12.5 Å². The minimum atomic E-state index is -1.23. The third-order valence-electron chi connectivity index (χ3n) is 4.44. The van der Waals surface area contributed by atoms with Gasteiger partial charge in [0.2, 0.25) is 12.3 Å². The number of amides is 3. The largest absolute Gasteiger partial charge is 0.463 e. The van der Waals surface area contributed by atoms with Crippen molar-refractivity contribution in [3.63, 3.8) is 0 Å². The minimum absolute atomic E-state index is 0.119. The maximum absolute atomic E-state index is 12.8. The third-order valence-corrected chi connectivity index (χ3v) is 4.44. The van der Waals surface area contributed by atoms with Gasteiger partial charge in [-0.2, -0.15) is 5.01 Å². The third kappa shape index (κ3) is 4.44. The molecule has 0 aromatic rings. The lowest BCUT2D eigenvalue weighted by atomic mass is 9.92. The molecule has 3 amide bonds. The van der Waals surface area contributed by atoms with Gasteiger partial charge in [0.1, 0.15) is 0 Å². The molecule has 0 radical (unpaired) electrons. The Hall–Kier alpha value is -2.09. The zero-order chi connectivity index (χ0) is 16.8. The van der Waals surface area contributed by atoms with Crippen LogP contribution in [0.2, 0.25) is 0 Å². The monoisotopic (exact) mass is 325 g/mol. The Morgan fingerprint density at radius 1 is 1.35 bits per heavy atom. The molecule has 0 saturated heterocycles. The van der Waals surface area contributed by atoms with E-state index in [2.05, 4.69) is 0 Å². The number of hydrazine groups is 1. The van der Waals surface area contributed by atoms with Gasteiger partial charge >= 0.3 is 6.09 Å².